The molecule has 26 heavy (non-hydrogen) atoms. The van der Waals surface area contributed by atoms with Gasteiger partial charge in [0.05, 0.1) is 0 Å². The molecule has 0 aliphatic carbocycles. The molecule has 0 radical (unpaired) electrons. The Morgan fingerprint density at radius 3 is 2.12 bits per heavy atom. The first-order valence-electron chi connectivity index (χ1n) is 9.97. The van der Waals surface area contributed by atoms with Crippen LogP contribution in [0.5, 0.6) is 5.75 Å². The second-order valence-corrected chi connectivity index (χ2v) is 6.82. The molecular weight excluding hydrogens is 329 g/mol. The third kappa shape index (κ3) is 8.31. The first-order valence-corrected chi connectivity index (χ1v) is 9.97. The second-order valence-electron chi connectivity index (χ2n) is 6.82. The molecular formula is C22H38FNO2. The minimum atomic E-state index is -0.609. The van der Waals surface area contributed by atoms with Gasteiger partial charge in [-0.25, -0.2) is 4.39 Å². The smallest absolute Gasteiger partial charge is 0.177 e. The lowest BCUT2D eigenvalue weighted by molar-refractivity contribution is 0.135. The molecule has 0 saturated heterocycles. The van der Waals surface area contributed by atoms with Gasteiger partial charge in [0.1, 0.15) is 5.69 Å². The van der Waals surface area contributed by atoms with Gasteiger partial charge in [-0.3, -0.25) is 4.99 Å². The van der Waals surface area contributed by atoms with Gasteiger partial charge in [0, 0.05) is 18.9 Å². The fourth-order valence-corrected chi connectivity index (χ4v) is 2.28. The average Bonchev–Trinajstić information content (AvgIpc) is 2.65. The lowest BCUT2D eigenvalue weighted by atomic mass is 9.96. The molecule has 3 nitrogen and oxygen atoms in total. The zero-order valence-corrected chi connectivity index (χ0v) is 17.7. The standard InChI is InChI=1S/C16H24FNO.C6H14O/c1-6-10(3)12(5)18-15-13(11(4)7-2)8-9-14(17)16(15)19;1-3-5-7-6-4-2/h8-11,19H,6-7H2,1-5H3;3-6H2,1-2H3. The van der Waals surface area contributed by atoms with Crippen LogP contribution in [0.2, 0.25) is 0 Å². The molecule has 1 aromatic rings. The molecule has 0 aliphatic rings. The summed E-state index contributed by atoms with van der Waals surface area (Å²) in [5, 5.41) is 9.94. The summed E-state index contributed by atoms with van der Waals surface area (Å²) in [7, 11) is 0. The molecule has 4 heteroatoms. The number of hydrogen-bond acceptors (Lipinski definition) is 3. The Balaban J connectivity index is 0.000000758. The van der Waals surface area contributed by atoms with Gasteiger partial charge >= 0.3 is 0 Å². The van der Waals surface area contributed by atoms with Crippen LogP contribution in [0, 0.1) is 11.7 Å². The predicted molar refractivity (Wildman–Crippen MR) is 110 cm³/mol. The van der Waals surface area contributed by atoms with Crippen LogP contribution in [0.4, 0.5) is 10.1 Å². The SMILES string of the molecule is CCC(C)C(C)=Nc1c(C(C)CC)ccc(F)c1O.CCCOCCC. The van der Waals surface area contributed by atoms with Crippen molar-refractivity contribution in [1.82, 2.24) is 0 Å². The van der Waals surface area contributed by atoms with Crippen LogP contribution in [-0.4, -0.2) is 24.0 Å². The molecule has 2 unspecified atom stereocenters. The zero-order valence-electron chi connectivity index (χ0n) is 17.7. The molecule has 1 rings (SSSR count). The van der Waals surface area contributed by atoms with Gasteiger partial charge in [-0.2, -0.15) is 0 Å². The van der Waals surface area contributed by atoms with Crippen molar-refractivity contribution in [3.63, 3.8) is 0 Å². The van der Waals surface area contributed by atoms with E-state index in [1.54, 1.807) is 6.07 Å². The maximum absolute atomic E-state index is 13.5. The Kier molecular flexibility index (Phi) is 13.0. The number of aliphatic imine (C=N–C) groups is 1. The summed E-state index contributed by atoms with van der Waals surface area (Å²) in [5.41, 5.74) is 2.23. The van der Waals surface area contributed by atoms with Gasteiger partial charge in [0.2, 0.25) is 0 Å². The molecule has 1 N–H and O–H groups in total. The molecule has 0 aliphatic heterocycles. The normalized spacial score (nSPS) is 13.8. The Hall–Kier alpha value is -1.42. The molecule has 0 spiro atoms. The van der Waals surface area contributed by atoms with Crippen molar-refractivity contribution in [1.29, 1.82) is 0 Å². The molecule has 0 bridgehead atoms. The van der Waals surface area contributed by atoms with Crippen LogP contribution in [0.15, 0.2) is 17.1 Å². The molecule has 2 atom stereocenters. The van der Waals surface area contributed by atoms with E-state index in [9.17, 15) is 9.50 Å². The van der Waals surface area contributed by atoms with Gasteiger partial charge in [0.15, 0.2) is 11.6 Å². The van der Waals surface area contributed by atoms with Crippen molar-refractivity contribution in [2.24, 2.45) is 10.9 Å². The van der Waals surface area contributed by atoms with Crippen molar-refractivity contribution in [3.05, 3.63) is 23.5 Å². The molecule has 0 amide bonds. The molecule has 0 heterocycles. The van der Waals surface area contributed by atoms with Crippen molar-refractivity contribution in [2.75, 3.05) is 13.2 Å². The molecule has 150 valence electrons. The number of halogens is 1. The minimum absolute atomic E-state index is 0.245. The maximum Gasteiger partial charge on any atom is 0.177 e. The fourth-order valence-electron chi connectivity index (χ4n) is 2.28. The van der Waals surface area contributed by atoms with Gasteiger partial charge in [-0.1, -0.05) is 47.6 Å². The third-order valence-corrected chi connectivity index (χ3v) is 4.59. The number of benzene rings is 1. The summed E-state index contributed by atoms with van der Waals surface area (Å²) >= 11 is 0. The summed E-state index contributed by atoms with van der Waals surface area (Å²) in [6.45, 7) is 16.3. The summed E-state index contributed by atoms with van der Waals surface area (Å²) < 4.78 is 18.7. The summed E-state index contributed by atoms with van der Waals surface area (Å²) in [5.74, 6) is -0.370. The van der Waals surface area contributed by atoms with E-state index in [0.29, 0.717) is 11.6 Å². The highest BCUT2D eigenvalue weighted by molar-refractivity contribution is 5.87. The number of aromatic hydroxyl groups is 1. The van der Waals surface area contributed by atoms with Crippen molar-refractivity contribution in [2.45, 2.75) is 80.1 Å². The van der Waals surface area contributed by atoms with E-state index in [-0.39, 0.29) is 11.7 Å². The molecule has 0 fully saturated rings. The third-order valence-electron chi connectivity index (χ3n) is 4.59. The number of rotatable bonds is 9. The van der Waals surface area contributed by atoms with Crippen LogP contribution >= 0.6 is 0 Å². The van der Waals surface area contributed by atoms with E-state index in [0.717, 1.165) is 50.2 Å². The van der Waals surface area contributed by atoms with Crippen LogP contribution in [0.25, 0.3) is 0 Å². The van der Waals surface area contributed by atoms with E-state index < -0.39 is 5.82 Å². The lowest BCUT2D eigenvalue weighted by Crippen LogP contribution is -2.05. The molecule has 0 saturated carbocycles. The van der Waals surface area contributed by atoms with E-state index in [2.05, 4.69) is 46.5 Å². The Labute approximate surface area is 159 Å². The summed E-state index contributed by atoms with van der Waals surface area (Å²) in [6, 6.07) is 3.04. The van der Waals surface area contributed by atoms with Gasteiger partial charge in [0.25, 0.3) is 0 Å². The van der Waals surface area contributed by atoms with E-state index in [4.69, 9.17) is 4.74 Å². The highest BCUT2D eigenvalue weighted by Gasteiger charge is 2.17. The topological polar surface area (TPSA) is 41.8 Å². The highest BCUT2D eigenvalue weighted by Crippen LogP contribution is 2.38. The number of phenolic OH excluding ortho intramolecular Hbond substituents is 1. The van der Waals surface area contributed by atoms with E-state index >= 15 is 0 Å². The predicted octanol–water partition coefficient (Wildman–Crippen LogP) is 7.01. The minimum Gasteiger partial charge on any atom is -0.503 e. The van der Waals surface area contributed by atoms with Crippen molar-refractivity contribution < 1.29 is 14.2 Å². The van der Waals surface area contributed by atoms with Gasteiger partial charge in [-0.05, 0) is 56.1 Å². The zero-order chi connectivity index (χ0) is 20.1. The number of nitrogens with zero attached hydrogens (tertiary/aromatic N) is 1. The Morgan fingerprint density at radius 1 is 1.08 bits per heavy atom. The second kappa shape index (κ2) is 13.7. The van der Waals surface area contributed by atoms with Crippen molar-refractivity contribution >= 4 is 11.4 Å². The average molecular weight is 368 g/mol. The van der Waals surface area contributed by atoms with Crippen LogP contribution < -0.4 is 0 Å². The van der Waals surface area contributed by atoms with Gasteiger partial charge < -0.3 is 9.84 Å². The number of hydrogen-bond donors (Lipinski definition) is 1. The number of phenols is 1. The summed E-state index contributed by atoms with van der Waals surface area (Å²) in [4.78, 5) is 4.49. The van der Waals surface area contributed by atoms with Crippen LogP contribution in [-0.2, 0) is 4.74 Å². The Bertz CT molecular complexity index is 539. The van der Waals surface area contributed by atoms with Gasteiger partial charge in [-0.15, -0.1) is 0 Å². The largest absolute Gasteiger partial charge is 0.503 e. The first kappa shape index (κ1) is 24.6. The van der Waals surface area contributed by atoms with Crippen molar-refractivity contribution in [3.8, 4) is 5.75 Å². The maximum atomic E-state index is 13.5. The van der Waals surface area contributed by atoms with E-state index in [1.165, 1.54) is 6.07 Å². The van der Waals surface area contributed by atoms with E-state index in [1.807, 2.05) is 6.92 Å². The monoisotopic (exact) mass is 367 g/mol. The van der Waals surface area contributed by atoms with Crippen LogP contribution in [0.1, 0.15) is 85.6 Å². The van der Waals surface area contributed by atoms with Crippen LogP contribution in [0.3, 0.4) is 0 Å². The number of ether oxygens (including phenoxy) is 1. The fraction of sp³-hybridized carbons (Fsp3) is 0.682. The quantitative estimate of drug-likeness (QED) is 0.377. The molecule has 1 aromatic carbocycles. The lowest BCUT2D eigenvalue weighted by Gasteiger charge is -2.16. The Morgan fingerprint density at radius 2 is 1.65 bits per heavy atom. The molecule has 0 aromatic heterocycles. The summed E-state index contributed by atoms with van der Waals surface area (Å²) in [6.07, 6.45) is 4.18. The highest BCUT2D eigenvalue weighted by atomic mass is 19.1. The first-order chi connectivity index (χ1) is 12.3.